The Labute approximate surface area is 79.2 Å². The monoisotopic (exact) mass is 182 g/mol. The number of hydrogen-bond donors (Lipinski definition) is 2. The molecule has 0 radical (unpaired) electrons. The highest BCUT2D eigenvalue weighted by Crippen LogP contribution is 2.43. The van der Waals surface area contributed by atoms with Gasteiger partial charge in [0.25, 0.3) is 0 Å². The molecule has 2 aliphatic heterocycles. The van der Waals surface area contributed by atoms with Crippen LogP contribution in [0.4, 0.5) is 0 Å². The molecule has 13 heavy (non-hydrogen) atoms. The summed E-state index contributed by atoms with van der Waals surface area (Å²) in [5.74, 6) is 0.625. The minimum atomic E-state index is -0.0625. The number of nitrogens with one attached hydrogen (secondary N) is 1. The van der Waals surface area contributed by atoms with Gasteiger partial charge in [-0.3, -0.25) is 0 Å². The van der Waals surface area contributed by atoms with Crippen LogP contribution in [0, 0.1) is 5.92 Å². The molecule has 0 aromatic rings. The molecule has 3 rings (SSSR count). The number of nitrogens with zero attached hydrogens (tertiary/aromatic N) is 1. The molecule has 2 heterocycles. The molecule has 0 unspecified atom stereocenters. The minimum Gasteiger partial charge on any atom is -0.411 e. The fourth-order valence-corrected chi connectivity index (χ4v) is 2.88. The van der Waals surface area contributed by atoms with Gasteiger partial charge in [0.15, 0.2) is 0 Å². The van der Waals surface area contributed by atoms with Gasteiger partial charge < -0.3 is 10.5 Å². The summed E-state index contributed by atoms with van der Waals surface area (Å²) >= 11 is 0. The molecular formula is C10H18N2O. The van der Waals surface area contributed by atoms with Crippen molar-refractivity contribution in [2.45, 2.75) is 51.1 Å². The molecule has 2 atom stereocenters. The summed E-state index contributed by atoms with van der Waals surface area (Å²) in [4.78, 5) is 0. The zero-order valence-corrected chi connectivity index (χ0v) is 8.59. The van der Waals surface area contributed by atoms with E-state index >= 15 is 0 Å². The number of piperidine rings is 2. The van der Waals surface area contributed by atoms with E-state index in [2.05, 4.69) is 31.2 Å². The molecule has 2 N–H and O–H groups in total. The Morgan fingerprint density at radius 3 is 2.62 bits per heavy atom. The van der Waals surface area contributed by atoms with E-state index in [0.29, 0.717) is 5.92 Å². The van der Waals surface area contributed by atoms with Crippen molar-refractivity contribution in [1.82, 2.24) is 5.32 Å². The number of hydrogen-bond acceptors (Lipinski definition) is 3. The van der Waals surface area contributed by atoms with Crippen molar-refractivity contribution in [2.24, 2.45) is 11.1 Å². The molecule has 3 aliphatic rings. The Bertz CT molecular complexity index is 260. The van der Waals surface area contributed by atoms with Crippen molar-refractivity contribution in [3.63, 3.8) is 0 Å². The average Bonchev–Trinajstić information content (AvgIpc) is 2.01. The van der Waals surface area contributed by atoms with Crippen molar-refractivity contribution < 1.29 is 5.21 Å². The van der Waals surface area contributed by atoms with Crippen molar-refractivity contribution >= 4 is 5.71 Å². The molecule has 0 aromatic heterocycles. The summed E-state index contributed by atoms with van der Waals surface area (Å²) < 4.78 is 0. The first-order valence-corrected chi connectivity index (χ1v) is 4.99. The average molecular weight is 182 g/mol. The summed E-state index contributed by atoms with van der Waals surface area (Å²) in [6, 6.07) is 0. The standard InChI is InChI=1S/C10H18N2O/c1-9(2)7-4-5-10(3,12-9)8(6-7)11-13/h7,12-13H,4-6H2,1-3H3/b11-8-/t7-,10-/m1/s1. The van der Waals surface area contributed by atoms with Crippen LogP contribution >= 0.6 is 0 Å². The highest BCUT2D eigenvalue weighted by molar-refractivity contribution is 5.94. The molecule has 2 bridgehead atoms. The van der Waals surface area contributed by atoms with Crippen LogP contribution in [0.25, 0.3) is 0 Å². The summed E-state index contributed by atoms with van der Waals surface area (Å²) in [5, 5.41) is 15.9. The summed E-state index contributed by atoms with van der Waals surface area (Å²) in [5.41, 5.74) is 1.07. The Kier molecular flexibility index (Phi) is 1.71. The lowest BCUT2D eigenvalue weighted by Gasteiger charge is -2.55. The normalized spacial score (nSPS) is 45.5. The van der Waals surface area contributed by atoms with Crippen LogP contribution in [-0.2, 0) is 0 Å². The smallest absolute Gasteiger partial charge is 0.0771 e. The van der Waals surface area contributed by atoms with E-state index in [1.54, 1.807) is 0 Å². The van der Waals surface area contributed by atoms with Crippen molar-refractivity contribution in [1.29, 1.82) is 0 Å². The molecule has 3 nitrogen and oxygen atoms in total. The molecular weight excluding hydrogens is 164 g/mol. The first kappa shape index (κ1) is 9.00. The van der Waals surface area contributed by atoms with Gasteiger partial charge in [-0.25, -0.2) is 0 Å². The second-order valence-corrected chi connectivity index (χ2v) is 5.17. The van der Waals surface area contributed by atoms with Crippen molar-refractivity contribution in [2.75, 3.05) is 0 Å². The van der Waals surface area contributed by atoms with Gasteiger partial charge in [-0.2, -0.15) is 0 Å². The topological polar surface area (TPSA) is 44.6 Å². The first-order chi connectivity index (χ1) is 5.98. The van der Waals surface area contributed by atoms with Crippen LogP contribution in [-0.4, -0.2) is 22.0 Å². The van der Waals surface area contributed by atoms with Crippen LogP contribution in [0.2, 0.25) is 0 Å². The highest BCUT2D eigenvalue weighted by atomic mass is 16.4. The van der Waals surface area contributed by atoms with E-state index in [-0.39, 0.29) is 11.1 Å². The second-order valence-electron chi connectivity index (χ2n) is 5.17. The maximum Gasteiger partial charge on any atom is 0.0771 e. The second kappa shape index (κ2) is 2.47. The maximum absolute atomic E-state index is 8.90. The van der Waals surface area contributed by atoms with Gasteiger partial charge in [0.2, 0.25) is 0 Å². The van der Waals surface area contributed by atoms with Gasteiger partial charge in [0, 0.05) is 5.54 Å². The zero-order chi connectivity index (χ0) is 9.69. The van der Waals surface area contributed by atoms with Gasteiger partial charge in [0.1, 0.15) is 0 Å². The molecule has 0 spiro atoms. The lowest BCUT2D eigenvalue weighted by atomic mass is 9.63. The summed E-state index contributed by atoms with van der Waals surface area (Å²) in [6.07, 6.45) is 3.29. The Morgan fingerprint density at radius 2 is 2.15 bits per heavy atom. The number of fused-ring (bicyclic) bond motifs is 3. The van der Waals surface area contributed by atoms with E-state index < -0.39 is 0 Å². The van der Waals surface area contributed by atoms with Gasteiger partial charge >= 0.3 is 0 Å². The van der Waals surface area contributed by atoms with E-state index in [1.807, 2.05) is 0 Å². The van der Waals surface area contributed by atoms with E-state index in [4.69, 9.17) is 5.21 Å². The molecule has 1 saturated carbocycles. The summed E-state index contributed by atoms with van der Waals surface area (Å²) in [6.45, 7) is 6.62. The molecule has 1 aliphatic carbocycles. The molecule has 3 heteroatoms. The van der Waals surface area contributed by atoms with Gasteiger partial charge in [-0.05, 0) is 46.0 Å². The minimum absolute atomic E-state index is 0.0625. The van der Waals surface area contributed by atoms with E-state index in [9.17, 15) is 0 Å². The lowest BCUT2D eigenvalue weighted by molar-refractivity contribution is 0.107. The largest absolute Gasteiger partial charge is 0.411 e. The number of oxime groups is 1. The van der Waals surface area contributed by atoms with Crippen LogP contribution in [0.1, 0.15) is 40.0 Å². The Balaban J connectivity index is 2.34. The van der Waals surface area contributed by atoms with E-state index in [0.717, 1.165) is 18.6 Å². The number of rotatable bonds is 0. The predicted molar refractivity (Wildman–Crippen MR) is 52.2 cm³/mol. The van der Waals surface area contributed by atoms with Gasteiger partial charge in [-0.15, -0.1) is 0 Å². The van der Waals surface area contributed by atoms with E-state index in [1.165, 1.54) is 6.42 Å². The lowest BCUT2D eigenvalue weighted by Crippen LogP contribution is -2.69. The van der Waals surface area contributed by atoms with Crippen LogP contribution < -0.4 is 5.32 Å². The zero-order valence-electron chi connectivity index (χ0n) is 8.59. The van der Waals surface area contributed by atoms with Crippen molar-refractivity contribution in [3.05, 3.63) is 0 Å². The quantitative estimate of drug-likeness (QED) is 0.443. The SMILES string of the molecule is CC1(C)N[C@]2(C)CC[C@@H]1C/C2=N/O. The summed E-state index contributed by atoms with van der Waals surface area (Å²) in [7, 11) is 0. The van der Waals surface area contributed by atoms with Gasteiger partial charge in [-0.1, -0.05) is 5.16 Å². The van der Waals surface area contributed by atoms with Crippen LogP contribution in [0.3, 0.4) is 0 Å². The molecule has 74 valence electrons. The first-order valence-electron chi connectivity index (χ1n) is 4.99. The van der Waals surface area contributed by atoms with Crippen LogP contribution in [0.5, 0.6) is 0 Å². The highest BCUT2D eigenvalue weighted by Gasteiger charge is 2.50. The van der Waals surface area contributed by atoms with Gasteiger partial charge in [0.05, 0.1) is 11.3 Å². The third-order valence-electron chi connectivity index (χ3n) is 3.81. The Morgan fingerprint density at radius 1 is 1.46 bits per heavy atom. The molecule has 0 amide bonds. The molecule has 0 aromatic carbocycles. The van der Waals surface area contributed by atoms with Crippen molar-refractivity contribution in [3.8, 4) is 0 Å². The molecule has 2 saturated heterocycles. The maximum atomic E-state index is 8.90. The fraction of sp³-hybridized carbons (Fsp3) is 0.900. The predicted octanol–water partition coefficient (Wildman–Crippen LogP) is 1.76. The molecule has 3 fully saturated rings. The van der Waals surface area contributed by atoms with Crippen LogP contribution in [0.15, 0.2) is 5.16 Å². The third-order valence-corrected chi connectivity index (χ3v) is 3.81. The third kappa shape index (κ3) is 1.17. The fourth-order valence-electron chi connectivity index (χ4n) is 2.88. The Hall–Kier alpha value is -0.570.